The van der Waals surface area contributed by atoms with Crippen molar-refractivity contribution in [2.24, 2.45) is 5.92 Å². The summed E-state index contributed by atoms with van der Waals surface area (Å²) in [5.41, 5.74) is 0.945. The molecule has 4 aromatic rings. The van der Waals surface area contributed by atoms with Gasteiger partial charge in [0.25, 0.3) is 5.91 Å². The fourth-order valence-corrected chi connectivity index (χ4v) is 4.71. The molecule has 1 aliphatic rings. The van der Waals surface area contributed by atoms with Crippen LogP contribution in [0.15, 0.2) is 54.6 Å². The third-order valence-corrected chi connectivity index (χ3v) is 7.15. The second-order valence-electron chi connectivity index (χ2n) is 10.7. The number of amides is 1. The molecular weight excluding hydrogens is 499 g/mol. The lowest BCUT2D eigenvalue weighted by Crippen LogP contribution is -2.43. The fourth-order valence-electron chi connectivity index (χ4n) is 4.71. The maximum atomic E-state index is 13.6. The molecule has 1 saturated carbocycles. The van der Waals surface area contributed by atoms with E-state index in [1.54, 1.807) is 50.2 Å². The number of fused-ring (bicyclic) bond motifs is 1. The quantitative estimate of drug-likeness (QED) is 0.309. The van der Waals surface area contributed by atoms with Crippen LogP contribution in [0.3, 0.4) is 0 Å². The van der Waals surface area contributed by atoms with E-state index in [-0.39, 0.29) is 24.2 Å². The van der Waals surface area contributed by atoms with Gasteiger partial charge in [0.05, 0.1) is 36.3 Å². The molecule has 1 atom stereocenters. The van der Waals surface area contributed by atoms with Gasteiger partial charge in [-0.1, -0.05) is 0 Å². The van der Waals surface area contributed by atoms with E-state index >= 15 is 0 Å². The molecule has 0 bridgehead atoms. The van der Waals surface area contributed by atoms with E-state index in [1.165, 1.54) is 19.2 Å². The molecule has 1 amide bonds. The fraction of sp³-hybridized carbons (Fsp3) is 0.333. The zero-order valence-corrected chi connectivity index (χ0v) is 22.3. The van der Waals surface area contributed by atoms with Crippen LogP contribution in [0, 0.1) is 18.7 Å². The van der Waals surface area contributed by atoms with Gasteiger partial charge in [-0.15, -0.1) is 5.10 Å². The number of rotatable bonds is 8. The second kappa shape index (κ2) is 9.98. The van der Waals surface area contributed by atoms with Crippen molar-refractivity contribution >= 4 is 16.8 Å². The third kappa shape index (κ3) is 5.46. The molecule has 0 saturated heterocycles. The predicted molar refractivity (Wildman–Crippen MR) is 145 cm³/mol. The van der Waals surface area contributed by atoms with E-state index in [0.29, 0.717) is 50.4 Å². The number of pyridine rings is 1. The van der Waals surface area contributed by atoms with Crippen LogP contribution in [0.2, 0.25) is 0 Å². The van der Waals surface area contributed by atoms with Crippen molar-refractivity contribution in [2.45, 2.75) is 44.8 Å². The van der Waals surface area contributed by atoms with Gasteiger partial charge in [-0.3, -0.25) is 4.79 Å². The summed E-state index contributed by atoms with van der Waals surface area (Å²) in [6.45, 7) is 5.03. The smallest absolute Gasteiger partial charge is 0.251 e. The highest BCUT2D eigenvalue weighted by Gasteiger charge is 2.47. The first kappa shape index (κ1) is 26.6. The first-order valence-corrected chi connectivity index (χ1v) is 12.8. The summed E-state index contributed by atoms with van der Waals surface area (Å²) in [5, 5.41) is 34.6. The number of hydrogen-bond acceptors (Lipinski definition) is 7. The summed E-state index contributed by atoms with van der Waals surface area (Å²) in [5.74, 6) is -0.456. The molecule has 0 unspecified atom stereocenters. The lowest BCUT2D eigenvalue weighted by atomic mass is 9.88. The van der Waals surface area contributed by atoms with Crippen LogP contribution in [0.1, 0.15) is 54.0 Å². The number of ether oxygens (including phenoxy) is 1. The molecule has 0 aliphatic heterocycles. The Bertz CT molecular complexity index is 1550. The van der Waals surface area contributed by atoms with Crippen LogP contribution < -0.4 is 10.1 Å². The first-order chi connectivity index (χ1) is 18.5. The Morgan fingerprint density at radius 2 is 1.79 bits per heavy atom. The SMILES string of the molecule is COc1cc(C(=O)NC[C@](O)(c2cc(C(C)(C)O)cc(-c3ccc(F)cc3)n2)C2CC2)cc2cc(C)nnc12. The minimum Gasteiger partial charge on any atom is -0.494 e. The molecule has 9 heteroatoms. The number of halogens is 1. The number of aliphatic hydroxyl groups is 2. The van der Waals surface area contributed by atoms with Crippen LogP contribution in [-0.4, -0.2) is 45.0 Å². The number of benzene rings is 2. The normalized spacial score (nSPS) is 15.2. The first-order valence-electron chi connectivity index (χ1n) is 12.8. The Morgan fingerprint density at radius 3 is 2.44 bits per heavy atom. The Morgan fingerprint density at radius 1 is 1.08 bits per heavy atom. The van der Waals surface area contributed by atoms with Crippen molar-refractivity contribution in [3.8, 4) is 17.0 Å². The summed E-state index contributed by atoms with van der Waals surface area (Å²) >= 11 is 0. The van der Waals surface area contributed by atoms with Crippen LogP contribution >= 0.6 is 0 Å². The van der Waals surface area contributed by atoms with Gasteiger partial charge >= 0.3 is 0 Å². The molecule has 1 fully saturated rings. The monoisotopic (exact) mass is 530 g/mol. The topological polar surface area (TPSA) is 117 Å². The molecule has 3 N–H and O–H groups in total. The summed E-state index contributed by atoms with van der Waals surface area (Å²) in [4.78, 5) is 18.0. The Hall–Kier alpha value is -3.95. The van der Waals surface area contributed by atoms with Crippen molar-refractivity contribution in [3.05, 3.63) is 82.9 Å². The number of aryl methyl sites for hydroxylation is 1. The van der Waals surface area contributed by atoms with E-state index in [4.69, 9.17) is 9.72 Å². The molecule has 0 radical (unpaired) electrons. The van der Waals surface area contributed by atoms with Crippen LogP contribution in [0.25, 0.3) is 22.2 Å². The Balaban J connectivity index is 1.49. The van der Waals surface area contributed by atoms with Gasteiger partial charge in [0.15, 0.2) is 0 Å². The minimum absolute atomic E-state index is 0.0877. The number of nitrogens with one attached hydrogen (secondary N) is 1. The highest BCUT2D eigenvalue weighted by molar-refractivity contribution is 5.99. The van der Waals surface area contributed by atoms with Gasteiger partial charge in [0, 0.05) is 16.5 Å². The van der Waals surface area contributed by atoms with Gasteiger partial charge in [0.2, 0.25) is 0 Å². The maximum Gasteiger partial charge on any atom is 0.251 e. The third-order valence-electron chi connectivity index (χ3n) is 7.15. The zero-order valence-electron chi connectivity index (χ0n) is 22.3. The molecule has 0 spiro atoms. The van der Waals surface area contributed by atoms with Crippen LogP contribution in [-0.2, 0) is 11.2 Å². The number of hydrogen-bond donors (Lipinski definition) is 3. The molecule has 39 heavy (non-hydrogen) atoms. The number of carbonyl (C=O) groups is 1. The van der Waals surface area contributed by atoms with Gasteiger partial charge in [0.1, 0.15) is 22.7 Å². The van der Waals surface area contributed by atoms with E-state index in [2.05, 4.69) is 15.5 Å². The largest absolute Gasteiger partial charge is 0.494 e. The minimum atomic E-state index is -1.48. The zero-order chi connectivity index (χ0) is 27.9. The van der Waals surface area contributed by atoms with Gasteiger partial charge in [-0.25, -0.2) is 9.37 Å². The molecular formula is C30H31FN4O4. The number of nitrogens with zero attached hydrogens (tertiary/aromatic N) is 3. The Labute approximate surface area is 225 Å². The lowest BCUT2D eigenvalue weighted by molar-refractivity contribution is 0.00888. The molecule has 2 aromatic heterocycles. The van der Waals surface area contributed by atoms with Crippen molar-refractivity contribution in [3.63, 3.8) is 0 Å². The van der Waals surface area contributed by atoms with Crippen molar-refractivity contribution in [1.29, 1.82) is 0 Å². The average Bonchev–Trinajstić information content (AvgIpc) is 3.76. The van der Waals surface area contributed by atoms with Crippen molar-refractivity contribution in [1.82, 2.24) is 20.5 Å². The lowest BCUT2D eigenvalue weighted by Gasteiger charge is -2.30. The second-order valence-corrected chi connectivity index (χ2v) is 10.7. The number of aromatic nitrogens is 3. The molecule has 2 heterocycles. The van der Waals surface area contributed by atoms with Gasteiger partial charge < -0.3 is 20.3 Å². The summed E-state index contributed by atoms with van der Waals surface area (Å²) in [6, 6.07) is 14.4. The number of carbonyl (C=O) groups excluding carboxylic acids is 1. The summed E-state index contributed by atoms with van der Waals surface area (Å²) in [7, 11) is 1.50. The van der Waals surface area contributed by atoms with Crippen LogP contribution in [0.4, 0.5) is 4.39 Å². The van der Waals surface area contributed by atoms with E-state index in [0.717, 1.165) is 12.8 Å². The standard InChI is InChI=1S/C30H31FN4O4/c1-17-11-19-12-20(13-25(39-4)27(19)35-34-17)28(36)32-16-30(38,21-7-8-21)26-15-22(29(2,3)37)14-24(33-26)18-5-9-23(31)10-6-18/h5-6,9-15,21,37-38H,7-8,16H2,1-4H3,(H,32,36)/t30-/m1/s1. The van der Waals surface area contributed by atoms with E-state index in [9.17, 15) is 19.4 Å². The average molecular weight is 531 g/mol. The van der Waals surface area contributed by atoms with E-state index < -0.39 is 11.2 Å². The summed E-state index contributed by atoms with van der Waals surface area (Å²) < 4.78 is 19.0. The number of methoxy groups -OCH3 is 1. The summed E-state index contributed by atoms with van der Waals surface area (Å²) in [6.07, 6.45) is 1.54. The van der Waals surface area contributed by atoms with Crippen LogP contribution in [0.5, 0.6) is 5.75 Å². The molecule has 8 nitrogen and oxygen atoms in total. The van der Waals surface area contributed by atoms with Gasteiger partial charge in [-0.2, -0.15) is 5.10 Å². The molecule has 202 valence electrons. The van der Waals surface area contributed by atoms with E-state index in [1.807, 2.05) is 13.0 Å². The molecule has 1 aliphatic carbocycles. The van der Waals surface area contributed by atoms with Crippen molar-refractivity contribution in [2.75, 3.05) is 13.7 Å². The highest BCUT2D eigenvalue weighted by atomic mass is 19.1. The molecule has 2 aromatic carbocycles. The predicted octanol–water partition coefficient (Wildman–Crippen LogP) is 4.40. The Kier molecular flexibility index (Phi) is 6.82. The maximum absolute atomic E-state index is 13.6. The molecule has 5 rings (SSSR count). The highest BCUT2D eigenvalue weighted by Crippen LogP contribution is 2.46. The van der Waals surface area contributed by atoms with Crippen molar-refractivity contribution < 1.29 is 24.1 Å². The van der Waals surface area contributed by atoms with Gasteiger partial charge in [-0.05, 0) is 99.7 Å².